The average Bonchev–Trinajstić information content (AvgIpc) is 2.11. The van der Waals surface area contributed by atoms with Crippen LogP contribution in [0.3, 0.4) is 0 Å². The Kier molecular flexibility index (Phi) is 25.6. The molecule has 16 heavy (non-hydrogen) atoms. The van der Waals surface area contributed by atoms with Gasteiger partial charge in [-0.3, -0.25) is 0 Å². The van der Waals surface area contributed by atoms with E-state index < -0.39 is 16.5 Å². The van der Waals surface area contributed by atoms with Crippen molar-refractivity contribution in [3.8, 4) is 0 Å². The minimum absolute atomic E-state index is 0. The van der Waals surface area contributed by atoms with Crippen LogP contribution in [0.4, 0.5) is 0 Å². The largest absolute Gasteiger partial charge is 1.00 e. The molecular weight excluding hydrogens is 265 g/mol. The van der Waals surface area contributed by atoms with Crippen LogP contribution in [0.15, 0.2) is 0 Å². The third kappa shape index (κ3) is 29.4. The van der Waals surface area contributed by atoms with Gasteiger partial charge in [0, 0.05) is 11.2 Å². The van der Waals surface area contributed by atoms with Crippen molar-refractivity contribution in [3.63, 3.8) is 0 Å². The number of aliphatic hydroxyl groups excluding tert-OH is 1. The Morgan fingerprint density at radius 3 is 1.94 bits per heavy atom. The first-order valence-electron chi connectivity index (χ1n) is 4.64. The molecule has 0 amide bonds. The van der Waals surface area contributed by atoms with Crippen molar-refractivity contribution in [1.29, 1.82) is 0 Å². The SMILES string of the molecule is CCCCCCCO.O=[P+]([O-])O[P+](=O)O.[Na+]. The predicted octanol–water partition coefficient (Wildman–Crippen LogP) is -1.38. The molecule has 2 N–H and O–H groups in total. The first-order chi connectivity index (χ1) is 7.04. The average molecular weight is 282 g/mol. The zero-order valence-electron chi connectivity index (χ0n) is 9.66. The molecule has 0 rings (SSSR count). The Morgan fingerprint density at radius 2 is 1.69 bits per heavy atom. The smallest absolute Gasteiger partial charge is 0.563 e. The molecule has 0 heterocycles. The van der Waals surface area contributed by atoms with Crippen LogP contribution in [-0.2, 0) is 13.4 Å². The molecule has 0 spiro atoms. The first-order valence-corrected chi connectivity index (χ1v) is 6.86. The van der Waals surface area contributed by atoms with Gasteiger partial charge >= 0.3 is 46.1 Å². The van der Waals surface area contributed by atoms with E-state index in [2.05, 4.69) is 11.2 Å². The molecule has 0 saturated carbocycles. The third-order valence-corrected chi connectivity index (χ3v) is 2.49. The van der Waals surface area contributed by atoms with Crippen molar-refractivity contribution < 1.29 is 57.9 Å². The zero-order chi connectivity index (χ0) is 12.1. The first kappa shape index (κ1) is 22.2. The van der Waals surface area contributed by atoms with E-state index in [9.17, 15) is 14.0 Å². The summed E-state index contributed by atoms with van der Waals surface area (Å²) < 4.78 is 21.9. The van der Waals surface area contributed by atoms with Gasteiger partial charge in [0.05, 0.1) is 0 Å². The van der Waals surface area contributed by atoms with Gasteiger partial charge in [0.1, 0.15) is 4.31 Å². The van der Waals surface area contributed by atoms with Crippen molar-refractivity contribution in [2.75, 3.05) is 6.61 Å². The van der Waals surface area contributed by atoms with E-state index in [1.807, 2.05) is 0 Å². The Balaban J connectivity index is -0.000000200. The molecule has 0 fully saturated rings. The van der Waals surface area contributed by atoms with E-state index in [0.717, 1.165) is 6.42 Å². The zero-order valence-corrected chi connectivity index (χ0v) is 13.5. The molecule has 0 radical (unpaired) electrons. The topological polar surface area (TPSA) is 107 Å². The van der Waals surface area contributed by atoms with E-state index in [1.54, 1.807) is 0 Å². The molecule has 6 nitrogen and oxygen atoms in total. The number of hydrogen-bond donors (Lipinski definition) is 2. The molecule has 0 aliphatic rings. The van der Waals surface area contributed by atoms with Gasteiger partial charge in [-0.25, -0.2) is 0 Å². The summed E-state index contributed by atoms with van der Waals surface area (Å²) in [6.45, 7) is 2.56. The van der Waals surface area contributed by atoms with E-state index in [-0.39, 0.29) is 29.6 Å². The monoisotopic (exact) mass is 282 g/mol. The van der Waals surface area contributed by atoms with Crippen LogP contribution >= 0.6 is 16.5 Å². The molecule has 90 valence electrons. The summed E-state index contributed by atoms with van der Waals surface area (Å²) in [5.41, 5.74) is 0. The van der Waals surface area contributed by atoms with E-state index in [4.69, 9.17) is 10.00 Å². The molecule has 2 atom stereocenters. The van der Waals surface area contributed by atoms with Crippen molar-refractivity contribution in [2.24, 2.45) is 0 Å². The second-order valence-corrected chi connectivity index (χ2v) is 4.26. The molecule has 0 aromatic carbocycles. The summed E-state index contributed by atoms with van der Waals surface area (Å²) in [6.07, 6.45) is 6.08. The minimum atomic E-state index is -3.17. The molecule has 0 aliphatic heterocycles. The van der Waals surface area contributed by atoms with Crippen molar-refractivity contribution >= 4 is 16.5 Å². The maximum atomic E-state index is 9.35. The molecule has 0 aliphatic carbocycles. The fourth-order valence-corrected chi connectivity index (χ4v) is 1.23. The molecular formula is C7H17NaO6P2+2. The Hall–Kier alpha value is 1.04. The van der Waals surface area contributed by atoms with Crippen LogP contribution in [0.25, 0.3) is 0 Å². The molecule has 2 unspecified atom stereocenters. The summed E-state index contributed by atoms with van der Waals surface area (Å²) >= 11 is 0. The van der Waals surface area contributed by atoms with Gasteiger partial charge < -0.3 is 10.00 Å². The minimum Gasteiger partial charge on any atom is -0.563 e. The number of aliphatic hydroxyl groups is 1. The van der Waals surface area contributed by atoms with Crippen LogP contribution in [-0.4, -0.2) is 16.6 Å². The number of hydrogen-bond acceptors (Lipinski definition) is 5. The summed E-state index contributed by atoms with van der Waals surface area (Å²) in [4.78, 5) is 16.9. The molecule has 9 heteroatoms. The molecule has 0 aromatic heterocycles. The van der Waals surface area contributed by atoms with Gasteiger partial charge in [-0.2, -0.15) is 0 Å². The molecule has 0 bridgehead atoms. The van der Waals surface area contributed by atoms with Gasteiger partial charge in [0.2, 0.25) is 0 Å². The standard InChI is InChI=1S/C7H16O.Na.O5P2/c1-2-3-4-5-6-7-8;;1-6(2)5-7(3)4/h8H,2-7H2,1H3;;/q;+1;/p+1. The van der Waals surface area contributed by atoms with Crippen molar-refractivity contribution in [2.45, 2.75) is 39.0 Å². The fourth-order valence-electron chi connectivity index (χ4n) is 0.772. The van der Waals surface area contributed by atoms with Crippen LogP contribution in [0, 0.1) is 0 Å². The van der Waals surface area contributed by atoms with Gasteiger partial charge in [-0.1, -0.05) is 32.6 Å². The van der Waals surface area contributed by atoms with E-state index in [1.165, 1.54) is 25.7 Å². The fraction of sp³-hybridized carbons (Fsp3) is 1.00. The summed E-state index contributed by atoms with van der Waals surface area (Å²) in [6, 6.07) is 0. The maximum absolute atomic E-state index is 9.35. The summed E-state index contributed by atoms with van der Waals surface area (Å²) in [5, 5.41) is 8.37. The number of unbranched alkanes of at least 4 members (excludes halogenated alkanes) is 4. The van der Waals surface area contributed by atoms with E-state index in [0.29, 0.717) is 6.61 Å². The van der Waals surface area contributed by atoms with Gasteiger partial charge in [0.15, 0.2) is 0 Å². The predicted molar refractivity (Wildman–Crippen MR) is 54.4 cm³/mol. The third-order valence-electron chi connectivity index (χ3n) is 1.40. The van der Waals surface area contributed by atoms with Gasteiger partial charge in [-0.15, -0.1) is 4.89 Å². The van der Waals surface area contributed by atoms with Crippen LogP contribution in [0.1, 0.15) is 39.0 Å². The molecule has 0 saturated heterocycles. The number of rotatable bonds is 7. The summed E-state index contributed by atoms with van der Waals surface area (Å²) in [5.74, 6) is 0. The quantitative estimate of drug-likeness (QED) is 0.339. The normalized spacial score (nSPS) is 10.8. The molecule has 0 aromatic rings. The second-order valence-electron chi connectivity index (χ2n) is 2.68. The Labute approximate surface area is 120 Å². The van der Waals surface area contributed by atoms with Crippen LogP contribution < -0.4 is 34.5 Å². The second kappa shape index (κ2) is 18.4. The van der Waals surface area contributed by atoms with Gasteiger partial charge in [-0.05, 0) is 11.0 Å². The van der Waals surface area contributed by atoms with Crippen molar-refractivity contribution in [3.05, 3.63) is 0 Å². The Bertz CT molecular complexity index is 162. The van der Waals surface area contributed by atoms with Crippen LogP contribution in [0.2, 0.25) is 0 Å². The Morgan fingerprint density at radius 1 is 1.19 bits per heavy atom. The summed E-state index contributed by atoms with van der Waals surface area (Å²) in [7, 11) is -6.16. The van der Waals surface area contributed by atoms with Gasteiger partial charge in [0.25, 0.3) is 0 Å². The van der Waals surface area contributed by atoms with Crippen molar-refractivity contribution in [1.82, 2.24) is 0 Å². The maximum Gasteiger partial charge on any atom is 1.00 e. The van der Waals surface area contributed by atoms with Crippen LogP contribution in [0.5, 0.6) is 0 Å². The van der Waals surface area contributed by atoms with E-state index >= 15 is 0 Å².